The van der Waals surface area contributed by atoms with Gasteiger partial charge in [-0.15, -0.1) is 0 Å². The highest BCUT2D eigenvalue weighted by Gasteiger charge is 2.21. The average Bonchev–Trinajstić information content (AvgIpc) is 2.69. The van der Waals surface area contributed by atoms with Crippen LogP contribution in [-0.2, 0) is 14.3 Å². The first-order chi connectivity index (χ1) is 15.0. The van der Waals surface area contributed by atoms with Crippen LogP contribution in [0.2, 0.25) is 0 Å². The first-order valence-electron chi connectivity index (χ1n) is 10.4. The van der Waals surface area contributed by atoms with Crippen molar-refractivity contribution in [2.75, 3.05) is 13.7 Å². The second-order valence-corrected chi connectivity index (χ2v) is 8.15. The number of aliphatic hydroxyl groups excluding tert-OH is 1. The monoisotopic (exact) mass is 452 g/mol. The standard InChI is InChI=1S/C23H33FN2O6/c1-23(2,3)32-22(29)26-17(13-14-19(25)27)15-31-18-11-8-10-16(21(18)24)9-6-5-7-12-20(28)30-4/h8,10-11,17,19,27H,5,7,12-15,25H2,1-4H3,(H,26,29)/t17-,19?/m0/s1. The number of halogens is 1. The van der Waals surface area contributed by atoms with E-state index in [0.29, 0.717) is 19.3 Å². The van der Waals surface area contributed by atoms with Crippen LogP contribution in [0.5, 0.6) is 5.75 Å². The summed E-state index contributed by atoms with van der Waals surface area (Å²) in [5, 5.41) is 12.0. The Balaban J connectivity index is 2.75. The van der Waals surface area contributed by atoms with Crippen molar-refractivity contribution in [3.8, 4) is 17.6 Å². The molecule has 0 fully saturated rings. The molecule has 0 aliphatic heterocycles. The zero-order valence-electron chi connectivity index (χ0n) is 19.1. The number of methoxy groups -OCH3 is 1. The molecular weight excluding hydrogens is 419 g/mol. The predicted molar refractivity (Wildman–Crippen MR) is 117 cm³/mol. The Bertz CT molecular complexity index is 811. The summed E-state index contributed by atoms with van der Waals surface area (Å²) in [5.41, 5.74) is 4.87. The molecule has 1 aromatic rings. The van der Waals surface area contributed by atoms with Gasteiger partial charge in [-0.1, -0.05) is 17.9 Å². The van der Waals surface area contributed by atoms with Gasteiger partial charge in [0.1, 0.15) is 18.4 Å². The minimum atomic E-state index is -1.05. The lowest BCUT2D eigenvalue weighted by molar-refractivity contribution is -0.140. The highest BCUT2D eigenvalue weighted by molar-refractivity contribution is 5.69. The Morgan fingerprint density at radius 2 is 2.00 bits per heavy atom. The number of hydrogen-bond donors (Lipinski definition) is 3. The summed E-state index contributed by atoms with van der Waals surface area (Å²) < 4.78 is 30.1. The number of hydrogen-bond acceptors (Lipinski definition) is 7. The van der Waals surface area contributed by atoms with Gasteiger partial charge in [0.25, 0.3) is 0 Å². The second kappa shape index (κ2) is 13.6. The number of carbonyl (C=O) groups is 2. The summed E-state index contributed by atoms with van der Waals surface area (Å²) in [6.45, 7) is 5.15. The van der Waals surface area contributed by atoms with Gasteiger partial charge in [0.15, 0.2) is 11.6 Å². The molecule has 0 spiro atoms. The van der Waals surface area contributed by atoms with Crippen molar-refractivity contribution in [1.82, 2.24) is 5.32 Å². The molecule has 8 nitrogen and oxygen atoms in total. The fourth-order valence-electron chi connectivity index (χ4n) is 2.53. The van der Waals surface area contributed by atoms with Gasteiger partial charge < -0.3 is 30.4 Å². The van der Waals surface area contributed by atoms with Crippen molar-refractivity contribution < 1.29 is 33.3 Å². The third kappa shape index (κ3) is 11.5. The Kier molecular flexibility index (Phi) is 11.5. The number of nitrogens with one attached hydrogen (secondary N) is 1. The molecule has 0 aliphatic rings. The van der Waals surface area contributed by atoms with E-state index in [-0.39, 0.29) is 36.7 Å². The molecule has 178 valence electrons. The van der Waals surface area contributed by atoms with E-state index in [9.17, 15) is 19.1 Å². The lowest BCUT2D eigenvalue weighted by atomic mass is 10.1. The van der Waals surface area contributed by atoms with Gasteiger partial charge in [-0.05, 0) is 52.2 Å². The summed E-state index contributed by atoms with van der Waals surface area (Å²) in [6, 6.07) is 4.03. The number of amides is 1. The van der Waals surface area contributed by atoms with Crippen LogP contribution in [0, 0.1) is 17.7 Å². The smallest absolute Gasteiger partial charge is 0.407 e. The van der Waals surface area contributed by atoms with Crippen molar-refractivity contribution in [2.45, 2.75) is 70.7 Å². The van der Waals surface area contributed by atoms with Gasteiger partial charge in [-0.2, -0.15) is 0 Å². The minimum absolute atomic E-state index is 0.0179. The molecule has 0 aromatic heterocycles. The molecule has 9 heteroatoms. The summed E-state index contributed by atoms with van der Waals surface area (Å²) in [6.07, 6.45) is 0.00464. The Morgan fingerprint density at radius 3 is 2.62 bits per heavy atom. The Hall–Kier alpha value is -2.83. The van der Waals surface area contributed by atoms with Gasteiger partial charge in [0, 0.05) is 12.8 Å². The van der Waals surface area contributed by atoms with Crippen LogP contribution < -0.4 is 15.8 Å². The number of aliphatic hydroxyl groups is 1. The molecule has 2 atom stereocenters. The summed E-state index contributed by atoms with van der Waals surface area (Å²) in [7, 11) is 1.32. The summed E-state index contributed by atoms with van der Waals surface area (Å²) in [5.74, 6) is 4.61. The van der Waals surface area contributed by atoms with Crippen LogP contribution >= 0.6 is 0 Å². The summed E-state index contributed by atoms with van der Waals surface area (Å²) in [4.78, 5) is 23.2. The molecule has 0 saturated heterocycles. The van der Waals surface area contributed by atoms with Crippen LogP contribution in [0.1, 0.15) is 58.4 Å². The van der Waals surface area contributed by atoms with Crippen molar-refractivity contribution in [2.24, 2.45) is 5.73 Å². The largest absolute Gasteiger partial charge is 0.488 e. The number of nitrogens with two attached hydrogens (primary N) is 1. The van der Waals surface area contributed by atoms with E-state index in [4.69, 9.17) is 15.2 Å². The molecule has 0 saturated carbocycles. The topological polar surface area (TPSA) is 120 Å². The molecule has 1 unspecified atom stereocenters. The van der Waals surface area contributed by atoms with Crippen LogP contribution in [0.15, 0.2) is 18.2 Å². The maximum atomic E-state index is 14.7. The molecule has 0 heterocycles. The maximum Gasteiger partial charge on any atom is 0.407 e. The molecule has 32 heavy (non-hydrogen) atoms. The zero-order chi connectivity index (χ0) is 24.1. The number of rotatable bonds is 10. The van der Waals surface area contributed by atoms with E-state index >= 15 is 0 Å². The normalized spacial score (nSPS) is 12.7. The third-order valence-electron chi connectivity index (χ3n) is 4.07. The first kappa shape index (κ1) is 27.2. The second-order valence-electron chi connectivity index (χ2n) is 8.15. The van der Waals surface area contributed by atoms with Crippen molar-refractivity contribution in [3.63, 3.8) is 0 Å². The number of alkyl carbamates (subject to hydrolysis) is 1. The van der Waals surface area contributed by atoms with E-state index < -0.39 is 29.8 Å². The van der Waals surface area contributed by atoms with Crippen molar-refractivity contribution in [1.29, 1.82) is 0 Å². The van der Waals surface area contributed by atoms with E-state index in [2.05, 4.69) is 21.9 Å². The van der Waals surface area contributed by atoms with Crippen LogP contribution in [0.25, 0.3) is 0 Å². The van der Waals surface area contributed by atoms with Crippen molar-refractivity contribution >= 4 is 12.1 Å². The van der Waals surface area contributed by atoms with Gasteiger partial charge in [0.2, 0.25) is 0 Å². The molecule has 0 bridgehead atoms. The van der Waals surface area contributed by atoms with Crippen LogP contribution in [0.3, 0.4) is 0 Å². The Morgan fingerprint density at radius 1 is 1.28 bits per heavy atom. The molecular formula is C23H33FN2O6. The van der Waals surface area contributed by atoms with Crippen LogP contribution in [-0.4, -0.2) is 48.8 Å². The van der Waals surface area contributed by atoms with Gasteiger partial charge in [-0.25, -0.2) is 9.18 Å². The fraction of sp³-hybridized carbons (Fsp3) is 0.565. The van der Waals surface area contributed by atoms with E-state index in [1.807, 2.05) is 0 Å². The van der Waals surface area contributed by atoms with Crippen LogP contribution in [0.4, 0.5) is 9.18 Å². The molecule has 4 N–H and O–H groups in total. The molecule has 0 aliphatic carbocycles. The summed E-state index contributed by atoms with van der Waals surface area (Å²) >= 11 is 0. The molecule has 0 radical (unpaired) electrons. The quantitative estimate of drug-likeness (QED) is 0.216. The number of unbranched alkanes of at least 4 members (excludes halogenated alkanes) is 1. The number of carbonyl (C=O) groups excluding carboxylic acids is 2. The zero-order valence-corrected chi connectivity index (χ0v) is 19.1. The molecule has 1 amide bonds. The first-order valence-corrected chi connectivity index (χ1v) is 10.4. The molecule has 1 aromatic carbocycles. The average molecular weight is 453 g/mol. The third-order valence-corrected chi connectivity index (χ3v) is 4.07. The number of esters is 1. The number of benzene rings is 1. The predicted octanol–water partition coefficient (Wildman–Crippen LogP) is 2.85. The van der Waals surface area contributed by atoms with E-state index in [1.165, 1.54) is 19.2 Å². The van der Waals surface area contributed by atoms with E-state index in [1.54, 1.807) is 26.8 Å². The SMILES string of the molecule is COC(=O)CCCC#Cc1cccc(OC[C@H](CCC(N)O)NC(=O)OC(C)(C)C)c1F. The highest BCUT2D eigenvalue weighted by Crippen LogP contribution is 2.20. The Labute approximate surface area is 188 Å². The van der Waals surface area contributed by atoms with E-state index in [0.717, 1.165) is 0 Å². The number of ether oxygens (including phenoxy) is 3. The van der Waals surface area contributed by atoms with Gasteiger partial charge >= 0.3 is 12.1 Å². The fourth-order valence-corrected chi connectivity index (χ4v) is 2.53. The lowest BCUT2D eigenvalue weighted by Crippen LogP contribution is -2.43. The lowest BCUT2D eigenvalue weighted by Gasteiger charge is -2.24. The molecule has 1 rings (SSSR count). The maximum absolute atomic E-state index is 14.7. The minimum Gasteiger partial charge on any atom is -0.488 e. The van der Waals surface area contributed by atoms with Gasteiger partial charge in [-0.3, -0.25) is 4.79 Å². The van der Waals surface area contributed by atoms with Gasteiger partial charge in [0.05, 0.1) is 18.7 Å². The highest BCUT2D eigenvalue weighted by atomic mass is 19.1. The van der Waals surface area contributed by atoms with Crippen molar-refractivity contribution in [3.05, 3.63) is 29.6 Å².